The number of carbonyl (C=O) groups excluding carboxylic acids is 1. The zero-order chi connectivity index (χ0) is 17.5. The average molecular weight is 345 g/mol. The molecule has 0 aliphatic carbocycles. The predicted octanol–water partition coefficient (Wildman–Crippen LogP) is 4.75. The quantitative estimate of drug-likeness (QED) is 0.760. The van der Waals surface area contributed by atoms with Gasteiger partial charge in [-0.3, -0.25) is 4.79 Å². The van der Waals surface area contributed by atoms with E-state index in [-0.39, 0.29) is 18.5 Å². The highest BCUT2D eigenvalue weighted by molar-refractivity contribution is 6.31. The molecule has 0 heterocycles. The Morgan fingerprint density at radius 2 is 1.67 bits per heavy atom. The van der Waals surface area contributed by atoms with Gasteiger partial charge in [0, 0.05) is 16.8 Å². The van der Waals surface area contributed by atoms with Gasteiger partial charge in [0.2, 0.25) is 5.91 Å². The lowest BCUT2D eigenvalue weighted by atomic mass is 10.0. The Morgan fingerprint density at radius 1 is 1.04 bits per heavy atom. The van der Waals surface area contributed by atoms with E-state index < -0.39 is 0 Å². The van der Waals surface area contributed by atoms with Crippen LogP contribution >= 0.6 is 11.6 Å². The van der Waals surface area contributed by atoms with Crippen molar-refractivity contribution in [3.63, 3.8) is 0 Å². The molecule has 0 spiro atoms. The lowest BCUT2D eigenvalue weighted by molar-refractivity contribution is -0.115. The van der Waals surface area contributed by atoms with E-state index in [0.717, 1.165) is 24.1 Å². The molecule has 0 unspecified atom stereocenters. The number of aryl methyl sites for hydroxylation is 2. The first-order chi connectivity index (χ1) is 11.6. The number of amides is 1. The molecule has 0 fully saturated rings. The smallest absolute Gasteiger partial charge is 0.238 e. The molecule has 0 aliphatic rings. The number of halogens is 1. The van der Waals surface area contributed by atoms with Crippen molar-refractivity contribution >= 4 is 23.2 Å². The van der Waals surface area contributed by atoms with Crippen LogP contribution in [0.4, 0.5) is 5.69 Å². The molecule has 0 aliphatic heterocycles. The minimum Gasteiger partial charge on any atom is -0.324 e. The topological polar surface area (TPSA) is 41.1 Å². The SMILES string of the molecule is CCc1cccc(CC)c1NC(=O)CN[C@@H](C)c1ccccc1Cl. The van der Waals surface area contributed by atoms with Crippen LogP contribution in [0.15, 0.2) is 42.5 Å². The highest BCUT2D eigenvalue weighted by atomic mass is 35.5. The summed E-state index contributed by atoms with van der Waals surface area (Å²) in [5.41, 5.74) is 4.29. The Labute approximate surface area is 149 Å². The van der Waals surface area contributed by atoms with Crippen LogP contribution in [0.1, 0.15) is 43.5 Å². The number of nitrogens with one attached hydrogen (secondary N) is 2. The largest absolute Gasteiger partial charge is 0.324 e. The maximum atomic E-state index is 12.4. The molecule has 2 rings (SSSR count). The fourth-order valence-corrected chi connectivity index (χ4v) is 3.07. The summed E-state index contributed by atoms with van der Waals surface area (Å²) in [5.74, 6) is -0.0375. The number of hydrogen-bond acceptors (Lipinski definition) is 2. The zero-order valence-corrected chi connectivity index (χ0v) is 15.3. The molecule has 0 saturated heterocycles. The summed E-state index contributed by atoms with van der Waals surface area (Å²) < 4.78 is 0. The second kappa shape index (κ2) is 8.86. The van der Waals surface area contributed by atoms with E-state index in [4.69, 9.17) is 11.6 Å². The number of hydrogen-bond donors (Lipinski definition) is 2. The van der Waals surface area contributed by atoms with Crippen molar-refractivity contribution in [3.05, 3.63) is 64.2 Å². The molecule has 2 aromatic carbocycles. The van der Waals surface area contributed by atoms with Crippen LogP contribution in [0.25, 0.3) is 0 Å². The number of rotatable bonds is 7. The van der Waals surface area contributed by atoms with Crippen molar-refractivity contribution < 1.29 is 4.79 Å². The normalized spacial score (nSPS) is 12.0. The van der Waals surface area contributed by atoms with E-state index in [0.29, 0.717) is 5.02 Å². The molecule has 3 nitrogen and oxygen atoms in total. The Kier molecular flexibility index (Phi) is 6.83. The van der Waals surface area contributed by atoms with Crippen LogP contribution in [0.2, 0.25) is 5.02 Å². The van der Waals surface area contributed by atoms with Gasteiger partial charge in [0.15, 0.2) is 0 Å². The molecule has 2 aromatic rings. The number of anilines is 1. The summed E-state index contributed by atoms with van der Waals surface area (Å²) >= 11 is 6.20. The monoisotopic (exact) mass is 344 g/mol. The Balaban J connectivity index is 2.01. The van der Waals surface area contributed by atoms with Gasteiger partial charge in [0.05, 0.1) is 6.54 Å². The summed E-state index contributed by atoms with van der Waals surface area (Å²) in [4.78, 5) is 12.4. The summed E-state index contributed by atoms with van der Waals surface area (Å²) in [5, 5.41) is 7.02. The minimum absolute atomic E-state index is 0.0107. The molecule has 0 aromatic heterocycles. The number of benzene rings is 2. The van der Waals surface area contributed by atoms with Gasteiger partial charge in [-0.1, -0.05) is 61.8 Å². The molecule has 0 saturated carbocycles. The van der Waals surface area contributed by atoms with Crippen molar-refractivity contribution in [1.29, 1.82) is 0 Å². The second-order valence-corrected chi connectivity index (χ2v) is 6.24. The predicted molar refractivity (Wildman–Crippen MR) is 102 cm³/mol. The Morgan fingerprint density at radius 3 is 2.25 bits per heavy atom. The maximum Gasteiger partial charge on any atom is 0.238 e. The first kappa shape index (κ1) is 18.5. The van der Waals surface area contributed by atoms with Crippen molar-refractivity contribution in [2.45, 2.75) is 39.7 Å². The van der Waals surface area contributed by atoms with E-state index in [1.807, 2.05) is 37.3 Å². The lowest BCUT2D eigenvalue weighted by Crippen LogP contribution is -2.30. The molecule has 24 heavy (non-hydrogen) atoms. The van der Waals surface area contributed by atoms with Crippen LogP contribution < -0.4 is 10.6 Å². The van der Waals surface area contributed by atoms with Gasteiger partial charge in [-0.25, -0.2) is 0 Å². The van der Waals surface area contributed by atoms with Crippen LogP contribution in [0, 0.1) is 0 Å². The Bertz CT molecular complexity index is 678. The van der Waals surface area contributed by atoms with Gasteiger partial charge < -0.3 is 10.6 Å². The van der Waals surface area contributed by atoms with Crippen molar-refractivity contribution in [2.24, 2.45) is 0 Å². The molecule has 2 N–H and O–H groups in total. The van der Waals surface area contributed by atoms with Crippen molar-refractivity contribution in [2.75, 3.05) is 11.9 Å². The van der Waals surface area contributed by atoms with Gasteiger partial charge in [-0.15, -0.1) is 0 Å². The van der Waals surface area contributed by atoms with Crippen molar-refractivity contribution in [3.8, 4) is 0 Å². The number of carbonyl (C=O) groups is 1. The van der Waals surface area contributed by atoms with E-state index >= 15 is 0 Å². The molecule has 128 valence electrons. The van der Waals surface area contributed by atoms with E-state index in [1.54, 1.807) is 0 Å². The fraction of sp³-hybridized carbons (Fsp3) is 0.350. The fourth-order valence-electron chi connectivity index (χ4n) is 2.77. The molecular formula is C20H25ClN2O. The zero-order valence-electron chi connectivity index (χ0n) is 14.5. The second-order valence-electron chi connectivity index (χ2n) is 5.83. The minimum atomic E-state index is -0.0375. The summed E-state index contributed by atoms with van der Waals surface area (Å²) in [6, 6.07) is 13.9. The lowest BCUT2D eigenvalue weighted by Gasteiger charge is -2.17. The molecule has 0 bridgehead atoms. The van der Waals surface area contributed by atoms with Gasteiger partial charge >= 0.3 is 0 Å². The average Bonchev–Trinajstić information content (AvgIpc) is 2.60. The highest BCUT2D eigenvalue weighted by Crippen LogP contribution is 2.23. The van der Waals surface area contributed by atoms with Gasteiger partial charge in [0.1, 0.15) is 0 Å². The summed E-state index contributed by atoms with van der Waals surface area (Å²) in [6.45, 7) is 6.45. The molecule has 4 heteroatoms. The van der Waals surface area contributed by atoms with Gasteiger partial charge in [0.25, 0.3) is 0 Å². The molecule has 1 amide bonds. The van der Waals surface area contributed by atoms with Gasteiger partial charge in [-0.2, -0.15) is 0 Å². The molecular weight excluding hydrogens is 320 g/mol. The van der Waals surface area contributed by atoms with E-state index in [1.165, 1.54) is 11.1 Å². The van der Waals surface area contributed by atoms with Crippen LogP contribution in [-0.2, 0) is 17.6 Å². The van der Waals surface area contributed by atoms with E-state index in [9.17, 15) is 4.79 Å². The molecule has 0 radical (unpaired) electrons. The summed E-state index contributed by atoms with van der Waals surface area (Å²) in [7, 11) is 0. The van der Waals surface area contributed by atoms with Crippen LogP contribution in [0.5, 0.6) is 0 Å². The number of para-hydroxylation sites is 1. The highest BCUT2D eigenvalue weighted by Gasteiger charge is 2.13. The third-order valence-electron chi connectivity index (χ3n) is 4.20. The Hall–Kier alpha value is -1.84. The first-order valence-corrected chi connectivity index (χ1v) is 8.83. The third kappa shape index (κ3) is 4.59. The maximum absolute atomic E-state index is 12.4. The first-order valence-electron chi connectivity index (χ1n) is 8.45. The van der Waals surface area contributed by atoms with E-state index in [2.05, 4.69) is 36.6 Å². The standard InChI is InChI=1S/C20H25ClN2O/c1-4-15-9-8-10-16(5-2)20(15)23-19(24)13-22-14(3)17-11-6-7-12-18(17)21/h6-12,14,22H,4-5,13H2,1-3H3,(H,23,24)/t14-/m0/s1. The summed E-state index contributed by atoms with van der Waals surface area (Å²) in [6.07, 6.45) is 1.79. The van der Waals surface area contributed by atoms with Crippen molar-refractivity contribution in [1.82, 2.24) is 5.32 Å². The van der Waals surface area contributed by atoms with Crippen LogP contribution in [0.3, 0.4) is 0 Å². The third-order valence-corrected chi connectivity index (χ3v) is 4.55. The van der Waals surface area contributed by atoms with Crippen LogP contribution in [-0.4, -0.2) is 12.5 Å². The van der Waals surface area contributed by atoms with Gasteiger partial charge in [-0.05, 0) is 42.5 Å². The molecule has 1 atom stereocenters.